The summed E-state index contributed by atoms with van der Waals surface area (Å²) in [6, 6.07) is 11.5. The van der Waals surface area contributed by atoms with Gasteiger partial charge in [-0.05, 0) is 35.0 Å². The van der Waals surface area contributed by atoms with Crippen LogP contribution >= 0.6 is 26.6 Å². The average Bonchev–Trinajstić information content (AvgIpc) is 2.27. The monoisotopic (exact) mass is 348 g/mol. The molecule has 0 saturated carbocycles. The van der Waals surface area contributed by atoms with Crippen molar-refractivity contribution in [1.29, 1.82) is 0 Å². The summed E-state index contributed by atoms with van der Waals surface area (Å²) in [5, 5.41) is 2.12. The van der Waals surface area contributed by atoms with Gasteiger partial charge in [0, 0.05) is 15.2 Å². The molecule has 3 nitrogen and oxygen atoms in total. The van der Waals surface area contributed by atoms with Crippen LogP contribution in [0.1, 0.15) is 0 Å². The molecule has 0 fully saturated rings. The lowest BCUT2D eigenvalue weighted by Gasteiger charge is -2.06. The Balaban J connectivity index is 2.13. The van der Waals surface area contributed by atoms with Gasteiger partial charge in [-0.3, -0.25) is 0 Å². The van der Waals surface area contributed by atoms with Gasteiger partial charge in [0.1, 0.15) is 12.4 Å². The van der Waals surface area contributed by atoms with Gasteiger partial charge in [0.25, 0.3) is 0 Å². The summed E-state index contributed by atoms with van der Waals surface area (Å²) in [6.45, 7) is 0.0495. The van der Waals surface area contributed by atoms with E-state index in [0.29, 0.717) is 5.75 Å². The van der Waals surface area contributed by atoms with E-state index in [1.54, 1.807) is 6.07 Å². The molecule has 2 rings (SSSR count). The summed E-state index contributed by atoms with van der Waals surface area (Å²) in [4.78, 5) is 0. The first-order valence-corrected chi connectivity index (χ1v) is 8.46. The second kappa shape index (κ2) is 5.47. The molecule has 96 valence electrons. The zero-order valence-corrected chi connectivity index (χ0v) is 12.4. The molecule has 0 aliphatic heterocycles. The highest BCUT2D eigenvalue weighted by atomic mass is 79.9. The van der Waals surface area contributed by atoms with E-state index in [-0.39, 0.29) is 12.4 Å². The first-order valence-electron chi connectivity index (χ1n) is 5.18. The van der Waals surface area contributed by atoms with Crippen LogP contribution in [0.2, 0.25) is 0 Å². The van der Waals surface area contributed by atoms with Gasteiger partial charge in [-0.15, -0.1) is 0 Å². The zero-order valence-electron chi connectivity index (χ0n) is 9.27. The van der Waals surface area contributed by atoms with Gasteiger partial charge in [-0.2, -0.15) is 0 Å². The number of benzene rings is 2. The fourth-order valence-corrected chi connectivity index (χ4v) is 2.39. The van der Waals surface area contributed by atoms with Crippen molar-refractivity contribution < 1.29 is 13.2 Å². The molecule has 2 aromatic carbocycles. The molecule has 0 saturated heterocycles. The smallest absolute Gasteiger partial charge is 0.235 e. The molecule has 2 aromatic rings. The molecular weight excluding hydrogens is 340 g/mol. The van der Waals surface area contributed by atoms with E-state index in [1.165, 1.54) is 0 Å². The zero-order chi connectivity index (χ0) is 13.2. The Hall–Kier alpha value is -0.780. The Morgan fingerprint density at radius 1 is 1.11 bits per heavy atom. The van der Waals surface area contributed by atoms with E-state index >= 15 is 0 Å². The van der Waals surface area contributed by atoms with E-state index in [9.17, 15) is 8.42 Å². The van der Waals surface area contributed by atoms with Crippen LogP contribution < -0.4 is 4.74 Å². The van der Waals surface area contributed by atoms with E-state index in [0.717, 1.165) is 15.2 Å². The molecule has 0 spiro atoms. The second-order valence-corrected chi connectivity index (χ2v) is 7.56. The average molecular weight is 350 g/mol. The number of fused-ring (bicyclic) bond motifs is 1. The van der Waals surface area contributed by atoms with E-state index < -0.39 is 9.05 Å². The van der Waals surface area contributed by atoms with Crippen LogP contribution in [0.3, 0.4) is 0 Å². The van der Waals surface area contributed by atoms with Gasteiger partial charge in [-0.25, -0.2) is 8.42 Å². The molecule has 6 heteroatoms. The fraction of sp³-hybridized carbons (Fsp3) is 0.167. The number of rotatable bonds is 4. The molecular formula is C12H10BrClO3S. The van der Waals surface area contributed by atoms with Crippen molar-refractivity contribution in [3.63, 3.8) is 0 Å². The van der Waals surface area contributed by atoms with Crippen LogP contribution in [-0.2, 0) is 9.05 Å². The third-order valence-electron chi connectivity index (χ3n) is 2.37. The second-order valence-electron chi connectivity index (χ2n) is 3.74. The Morgan fingerprint density at radius 3 is 2.50 bits per heavy atom. The van der Waals surface area contributed by atoms with Gasteiger partial charge in [0.2, 0.25) is 9.05 Å². The third-order valence-corrected chi connectivity index (χ3v) is 3.98. The molecule has 0 atom stereocenters. The minimum absolute atomic E-state index is 0.0495. The summed E-state index contributed by atoms with van der Waals surface area (Å²) >= 11 is 3.40. The Morgan fingerprint density at radius 2 is 1.78 bits per heavy atom. The molecule has 0 aliphatic rings. The van der Waals surface area contributed by atoms with E-state index in [1.807, 2.05) is 30.3 Å². The third kappa shape index (κ3) is 3.86. The van der Waals surface area contributed by atoms with Crippen molar-refractivity contribution in [1.82, 2.24) is 0 Å². The molecule has 0 bridgehead atoms. The molecule has 18 heavy (non-hydrogen) atoms. The van der Waals surface area contributed by atoms with Crippen molar-refractivity contribution >= 4 is 46.4 Å². The fourth-order valence-electron chi connectivity index (χ4n) is 1.54. The van der Waals surface area contributed by atoms with Crippen molar-refractivity contribution in [2.75, 3.05) is 12.4 Å². The first kappa shape index (κ1) is 13.6. The molecule has 0 aromatic heterocycles. The Bertz CT molecular complexity index is 670. The van der Waals surface area contributed by atoms with Crippen LogP contribution in [0.25, 0.3) is 10.8 Å². The van der Waals surface area contributed by atoms with E-state index in [2.05, 4.69) is 15.9 Å². The van der Waals surface area contributed by atoms with Crippen LogP contribution in [0.15, 0.2) is 40.9 Å². The van der Waals surface area contributed by atoms with Crippen LogP contribution in [-0.4, -0.2) is 20.8 Å². The summed E-state index contributed by atoms with van der Waals surface area (Å²) in [5.41, 5.74) is 0. The maximum Gasteiger partial charge on any atom is 0.235 e. The molecule has 0 heterocycles. The van der Waals surface area contributed by atoms with Crippen molar-refractivity contribution in [2.24, 2.45) is 0 Å². The lowest BCUT2D eigenvalue weighted by Crippen LogP contribution is -2.08. The number of hydrogen-bond donors (Lipinski definition) is 0. The SMILES string of the molecule is O=S(=O)(Cl)CCOc1ccc2cc(Br)ccc2c1. The lowest BCUT2D eigenvalue weighted by molar-refractivity contribution is 0.342. The van der Waals surface area contributed by atoms with Crippen molar-refractivity contribution in [3.05, 3.63) is 40.9 Å². The predicted octanol–water partition coefficient (Wildman–Crippen LogP) is 3.55. The highest BCUT2D eigenvalue weighted by molar-refractivity contribution is 9.10. The van der Waals surface area contributed by atoms with Gasteiger partial charge in [0.05, 0.1) is 5.75 Å². The number of ether oxygens (including phenoxy) is 1. The summed E-state index contributed by atoms with van der Waals surface area (Å²) in [6.07, 6.45) is 0. The van der Waals surface area contributed by atoms with E-state index in [4.69, 9.17) is 15.4 Å². The van der Waals surface area contributed by atoms with Gasteiger partial charge < -0.3 is 4.74 Å². The maximum atomic E-state index is 10.8. The lowest BCUT2D eigenvalue weighted by atomic mass is 10.1. The molecule has 0 aliphatic carbocycles. The van der Waals surface area contributed by atoms with Gasteiger partial charge >= 0.3 is 0 Å². The van der Waals surface area contributed by atoms with Crippen LogP contribution in [0.4, 0.5) is 0 Å². The molecule has 0 amide bonds. The molecule has 0 radical (unpaired) electrons. The molecule has 0 unspecified atom stereocenters. The largest absolute Gasteiger partial charge is 0.492 e. The number of hydrogen-bond acceptors (Lipinski definition) is 3. The Kier molecular flexibility index (Phi) is 4.14. The highest BCUT2D eigenvalue weighted by Gasteiger charge is 2.05. The summed E-state index contributed by atoms with van der Waals surface area (Å²) in [7, 11) is 1.60. The van der Waals surface area contributed by atoms with Gasteiger partial charge in [-0.1, -0.05) is 28.1 Å². The van der Waals surface area contributed by atoms with Crippen molar-refractivity contribution in [2.45, 2.75) is 0 Å². The topological polar surface area (TPSA) is 43.4 Å². The van der Waals surface area contributed by atoms with Crippen LogP contribution in [0, 0.1) is 0 Å². The Labute approximate surface area is 118 Å². The summed E-state index contributed by atoms with van der Waals surface area (Å²) < 4.78 is 27.9. The summed E-state index contributed by atoms with van der Waals surface area (Å²) in [5.74, 6) is 0.428. The van der Waals surface area contributed by atoms with Gasteiger partial charge in [0.15, 0.2) is 0 Å². The predicted molar refractivity (Wildman–Crippen MR) is 76.8 cm³/mol. The van der Waals surface area contributed by atoms with Crippen LogP contribution in [0.5, 0.6) is 5.75 Å². The standard InChI is InChI=1S/C12H10BrClO3S/c13-11-3-1-10-8-12(4-2-9(10)7-11)17-5-6-18(14,15)16/h1-4,7-8H,5-6H2. The highest BCUT2D eigenvalue weighted by Crippen LogP contribution is 2.24. The first-order chi connectivity index (χ1) is 8.44. The minimum atomic E-state index is -3.50. The quantitative estimate of drug-likeness (QED) is 0.793. The maximum absolute atomic E-state index is 10.8. The number of halogens is 2. The normalized spacial score (nSPS) is 11.7. The molecule has 0 N–H and O–H groups in total. The minimum Gasteiger partial charge on any atom is -0.492 e. The van der Waals surface area contributed by atoms with Crippen molar-refractivity contribution in [3.8, 4) is 5.75 Å².